The van der Waals surface area contributed by atoms with E-state index >= 15 is 0 Å². The molecule has 0 saturated carbocycles. The van der Waals surface area contributed by atoms with Crippen molar-refractivity contribution in [3.63, 3.8) is 0 Å². The van der Waals surface area contributed by atoms with E-state index in [0.717, 1.165) is 11.5 Å². The highest BCUT2D eigenvalue weighted by Gasteiger charge is 2.09. The predicted octanol–water partition coefficient (Wildman–Crippen LogP) is 1.15. The zero-order chi connectivity index (χ0) is 11.0. The number of rotatable bonds is 8. The van der Waals surface area contributed by atoms with Gasteiger partial charge in [0.2, 0.25) is 0 Å². The number of hydrogen-bond acceptors (Lipinski definition) is 4. The van der Waals surface area contributed by atoms with E-state index in [1.807, 2.05) is 18.8 Å². The molecule has 0 aromatic carbocycles. The van der Waals surface area contributed by atoms with Crippen LogP contribution in [-0.4, -0.2) is 45.0 Å². The van der Waals surface area contributed by atoms with Gasteiger partial charge in [0.15, 0.2) is 0 Å². The largest absolute Gasteiger partial charge is 0.316 e. The Bertz CT molecular complexity index is 227. The summed E-state index contributed by atoms with van der Waals surface area (Å²) in [5.74, 6) is 2.43. The van der Waals surface area contributed by atoms with Gasteiger partial charge in [-0.1, -0.05) is 6.92 Å². The minimum atomic E-state index is -2.81. The number of thioether (sulfide) groups is 1. The van der Waals surface area contributed by atoms with Crippen molar-refractivity contribution in [2.75, 3.05) is 30.6 Å². The van der Waals surface area contributed by atoms with E-state index in [0.29, 0.717) is 12.5 Å². The SMILES string of the molecule is CCCSCC(CCS(C)(=O)=O)NC. The molecule has 0 aliphatic carbocycles. The quantitative estimate of drug-likeness (QED) is 0.646. The predicted molar refractivity (Wildman–Crippen MR) is 64.8 cm³/mol. The first kappa shape index (κ1) is 14.3. The molecule has 0 aliphatic heterocycles. The lowest BCUT2D eigenvalue weighted by molar-refractivity contribution is 0.573. The third kappa shape index (κ3) is 8.84. The molecule has 0 aromatic rings. The molecule has 3 nitrogen and oxygen atoms in total. The van der Waals surface area contributed by atoms with E-state index in [1.165, 1.54) is 12.7 Å². The second kappa shape index (κ2) is 7.54. The average Bonchev–Trinajstić information content (AvgIpc) is 2.09. The Labute approximate surface area is 92.0 Å². The smallest absolute Gasteiger partial charge is 0.147 e. The zero-order valence-electron chi connectivity index (χ0n) is 9.25. The molecule has 0 rings (SSSR count). The summed E-state index contributed by atoms with van der Waals surface area (Å²) in [6.45, 7) is 2.15. The maximum Gasteiger partial charge on any atom is 0.147 e. The molecule has 1 unspecified atom stereocenters. The minimum Gasteiger partial charge on any atom is -0.316 e. The number of nitrogens with one attached hydrogen (secondary N) is 1. The summed E-state index contributed by atoms with van der Waals surface area (Å²) in [6.07, 6.45) is 3.18. The number of hydrogen-bond donors (Lipinski definition) is 1. The summed E-state index contributed by atoms with van der Waals surface area (Å²) in [4.78, 5) is 0. The van der Waals surface area contributed by atoms with Crippen LogP contribution in [0.5, 0.6) is 0 Å². The van der Waals surface area contributed by atoms with Gasteiger partial charge < -0.3 is 5.32 Å². The molecule has 0 heterocycles. The maximum atomic E-state index is 10.9. The minimum absolute atomic E-state index is 0.283. The summed E-state index contributed by atoms with van der Waals surface area (Å²) in [5, 5.41) is 3.15. The van der Waals surface area contributed by atoms with Crippen molar-refractivity contribution in [3.8, 4) is 0 Å². The molecule has 0 aliphatic rings. The molecule has 1 N–H and O–H groups in total. The molecule has 5 heteroatoms. The summed E-state index contributed by atoms with van der Waals surface area (Å²) in [7, 11) is -0.921. The highest BCUT2D eigenvalue weighted by atomic mass is 32.2. The second-order valence-electron chi connectivity index (χ2n) is 3.48. The Morgan fingerprint density at radius 1 is 1.43 bits per heavy atom. The zero-order valence-corrected chi connectivity index (χ0v) is 10.9. The Morgan fingerprint density at radius 3 is 2.50 bits per heavy atom. The van der Waals surface area contributed by atoms with Crippen LogP contribution in [0.25, 0.3) is 0 Å². The van der Waals surface area contributed by atoms with Crippen LogP contribution in [0.4, 0.5) is 0 Å². The van der Waals surface area contributed by atoms with E-state index in [1.54, 1.807) is 0 Å². The van der Waals surface area contributed by atoms with Gasteiger partial charge in [-0.25, -0.2) is 8.42 Å². The third-order valence-electron chi connectivity index (χ3n) is 1.91. The fraction of sp³-hybridized carbons (Fsp3) is 1.00. The Morgan fingerprint density at radius 2 is 2.07 bits per heavy atom. The molecule has 0 spiro atoms. The second-order valence-corrected chi connectivity index (χ2v) is 6.89. The van der Waals surface area contributed by atoms with Crippen LogP contribution in [0, 0.1) is 0 Å². The first-order chi connectivity index (χ1) is 6.49. The Kier molecular flexibility index (Phi) is 7.68. The molecule has 0 amide bonds. The molecule has 0 aromatic heterocycles. The first-order valence-corrected chi connectivity index (χ1v) is 8.14. The van der Waals surface area contributed by atoms with Crippen LogP contribution in [0.3, 0.4) is 0 Å². The molecular weight excluding hydrogens is 218 g/mol. The standard InChI is InChI=1S/C9H21NO2S2/c1-4-6-13-8-9(10-2)5-7-14(3,11)12/h9-10H,4-8H2,1-3H3. The molecule has 86 valence electrons. The molecule has 1 atom stereocenters. The Balaban J connectivity index is 3.69. The molecule has 14 heavy (non-hydrogen) atoms. The van der Waals surface area contributed by atoms with Crippen LogP contribution in [-0.2, 0) is 9.84 Å². The van der Waals surface area contributed by atoms with E-state index in [2.05, 4.69) is 12.2 Å². The van der Waals surface area contributed by atoms with E-state index in [-0.39, 0.29) is 5.75 Å². The van der Waals surface area contributed by atoms with Gasteiger partial charge in [-0.3, -0.25) is 0 Å². The normalized spacial score (nSPS) is 14.2. The van der Waals surface area contributed by atoms with Crippen molar-refractivity contribution < 1.29 is 8.42 Å². The summed E-state index contributed by atoms with van der Waals surface area (Å²) < 4.78 is 21.9. The summed E-state index contributed by atoms with van der Waals surface area (Å²) in [5.41, 5.74) is 0. The average molecular weight is 239 g/mol. The van der Waals surface area contributed by atoms with Gasteiger partial charge in [0, 0.05) is 18.1 Å². The topological polar surface area (TPSA) is 46.2 Å². The van der Waals surface area contributed by atoms with Crippen molar-refractivity contribution in [2.45, 2.75) is 25.8 Å². The van der Waals surface area contributed by atoms with Gasteiger partial charge in [0.25, 0.3) is 0 Å². The van der Waals surface area contributed by atoms with Crippen LogP contribution < -0.4 is 5.32 Å². The van der Waals surface area contributed by atoms with Gasteiger partial charge in [0.05, 0.1) is 5.75 Å². The van der Waals surface area contributed by atoms with E-state index in [9.17, 15) is 8.42 Å². The van der Waals surface area contributed by atoms with E-state index < -0.39 is 9.84 Å². The monoisotopic (exact) mass is 239 g/mol. The highest BCUT2D eigenvalue weighted by molar-refractivity contribution is 7.99. The molecule has 0 fully saturated rings. The highest BCUT2D eigenvalue weighted by Crippen LogP contribution is 2.07. The van der Waals surface area contributed by atoms with Crippen molar-refractivity contribution in [2.24, 2.45) is 0 Å². The lowest BCUT2D eigenvalue weighted by Gasteiger charge is -2.14. The van der Waals surface area contributed by atoms with Crippen molar-refractivity contribution in [3.05, 3.63) is 0 Å². The Hall–Kier alpha value is 0.260. The van der Waals surface area contributed by atoms with Gasteiger partial charge >= 0.3 is 0 Å². The van der Waals surface area contributed by atoms with Gasteiger partial charge in [0.1, 0.15) is 9.84 Å². The molecule has 0 radical (unpaired) electrons. The van der Waals surface area contributed by atoms with Crippen molar-refractivity contribution >= 4 is 21.6 Å². The van der Waals surface area contributed by atoms with Crippen LogP contribution in [0.2, 0.25) is 0 Å². The lowest BCUT2D eigenvalue weighted by atomic mass is 10.3. The number of sulfone groups is 1. The summed E-state index contributed by atoms with van der Waals surface area (Å²) in [6, 6.07) is 0.321. The first-order valence-electron chi connectivity index (χ1n) is 4.92. The van der Waals surface area contributed by atoms with Crippen LogP contribution in [0.15, 0.2) is 0 Å². The van der Waals surface area contributed by atoms with Gasteiger partial charge in [-0.05, 0) is 25.6 Å². The van der Waals surface area contributed by atoms with Crippen LogP contribution in [0.1, 0.15) is 19.8 Å². The van der Waals surface area contributed by atoms with E-state index in [4.69, 9.17) is 0 Å². The summed E-state index contributed by atoms with van der Waals surface area (Å²) >= 11 is 1.88. The van der Waals surface area contributed by atoms with Crippen molar-refractivity contribution in [1.82, 2.24) is 5.32 Å². The van der Waals surface area contributed by atoms with Crippen LogP contribution >= 0.6 is 11.8 Å². The lowest BCUT2D eigenvalue weighted by Crippen LogP contribution is -2.30. The third-order valence-corrected chi connectivity index (χ3v) is 4.23. The van der Waals surface area contributed by atoms with Crippen molar-refractivity contribution in [1.29, 1.82) is 0 Å². The fourth-order valence-corrected chi connectivity index (χ4v) is 2.82. The molecular formula is C9H21NO2S2. The molecule has 0 saturated heterocycles. The molecule has 0 bridgehead atoms. The fourth-order valence-electron chi connectivity index (χ4n) is 1.04. The maximum absolute atomic E-state index is 10.9. The van der Waals surface area contributed by atoms with Gasteiger partial charge in [-0.15, -0.1) is 0 Å². The van der Waals surface area contributed by atoms with Gasteiger partial charge in [-0.2, -0.15) is 11.8 Å².